The fraction of sp³-hybridized carbons (Fsp3) is 0.462. The van der Waals surface area contributed by atoms with Crippen LogP contribution < -0.4 is 11.0 Å². The molecular weight excluding hydrogens is 271 g/mol. The molecule has 2 heterocycles. The largest absolute Gasteiger partial charge is 0.418 e. The van der Waals surface area contributed by atoms with Crippen LogP contribution in [-0.4, -0.2) is 22.6 Å². The Morgan fingerprint density at radius 3 is 2.75 bits per heavy atom. The van der Waals surface area contributed by atoms with Gasteiger partial charge >= 0.3 is 11.9 Å². The van der Waals surface area contributed by atoms with E-state index in [2.05, 4.69) is 10.3 Å². The number of H-pyrrole nitrogens is 1. The van der Waals surface area contributed by atoms with Crippen LogP contribution in [-0.2, 0) is 6.18 Å². The summed E-state index contributed by atoms with van der Waals surface area (Å²) >= 11 is 0. The minimum absolute atomic E-state index is 0.103. The molecule has 2 aromatic rings. The van der Waals surface area contributed by atoms with Crippen molar-refractivity contribution in [3.63, 3.8) is 0 Å². The molecule has 0 saturated carbocycles. The molecule has 7 heteroatoms. The molecule has 20 heavy (non-hydrogen) atoms. The zero-order chi connectivity index (χ0) is 14.3. The lowest BCUT2D eigenvalue weighted by Crippen LogP contribution is -2.35. The maximum absolute atomic E-state index is 13.0. The predicted octanol–water partition coefficient (Wildman–Crippen LogP) is 2.27. The first-order chi connectivity index (χ1) is 9.48. The Morgan fingerprint density at radius 2 is 2.10 bits per heavy atom. The van der Waals surface area contributed by atoms with Gasteiger partial charge in [-0.05, 0) is 31.5 Å². The molecule has 1 aromatic carbocycles. The Balaban J connectivity index is 2.19. The van der Waals surface area contributed by atoms with Crippen molar-refractivity contribution < 1.29 is 13.2 Å². The average molecular weight is 285 g/mol. The molecule has 108 valence electrons. The smallest absolute Gasteiger partial charge is 0.315 e. The van der Waals surface area contributed by atoms with Crippen LogP contribution >= 0.6 is 0 Å². The van der Waals surface area contributed by atoms with Crippen LogP contribution in [0.1, 0.15) is 24.4 Å². The number of aromatic amines is 1. The van der Waals surface area contributed by atoms with E-state index in [1.54, 1.807) is 6.07 Å². The summed E-state index contributed by atoms with van der Waals surface area (Å²) in [6, 6.07) is 3.78. The van der Waals surface area contributed by atoms with Gasteiger partial charge in [0.25, 0.3) is 0 Å². The van der Waals surface area contributed by atoms with Crippen molar-refractivity contribution in [1.82, 2.24) is 14.9 Å². The van der Waals surface area contributed by atoms with E-state index in [9.17, 15) is 18.0 Å². The molecule has 0 radical (unpaired) electrons. The standard InChI is InChI=1S/C13H14F3N3O/c14-13(15,16)9-4-1-5-10-11(9)18-12(20)19(10)8-3-2-6-17-7-8/h1,4-5,8,17H,2-3,6-7H2,(H,18,20). The van der Waals surface area contributed by atoms with Gasteiger partial charge in [-0.15, -0.1) is 0 Å². The number of nitrogens with zero attached hydrogens (tertiary/aromatic N) is 1. The van der Waals surface area contributed by atoms with Crippen molar-refractivity contribution in [3.05, 3.63) is 34.2 Å². The average Bonchev–Trinajstić information content (AvgIpc) is 2.74. The molecule has 0 spiro atoms. The highest BCUT2D eigenvalue weighted by molar-refractivity contribution is 5.79. The third-order valence-electron chi connectivity index (χ3n) is 3.69. The second-order valence-corrected chi connectivity index (χ2v) is 5.00. The second-order valence-electron chi connectivity index (χ2n) is 5.00. The van der Waals surface area contributed by atoms with Gasteiger partial charge in [-0.3, -0.25) is 4.57 Å². The molecule has 1 aliphatic heterocycles. The van der Waals surface area contributed by atoms with E-state index in [0.717, 1.165) is 25.5 Å². The van der Waals surface area contributed by atoms with Gasteiger partial charge in [0.1, 0.15) is 0 Å². The summed E-state index contributed by atoms with van der Waals surface area (Å²) in [5, 5.41) is 3.16. The lowest BCUT2D eigenvalue weighted by atomic mass is 10.1. The Hall–Kier alpha value is -1.76. The monoisotopic (exact) mass is 285 g/mol. The quantitative estimate of drug-likeness (QED) is 0.844. The van der Waals surface area contributed by atoms with Gasteiger partial charge in [-0.25, -0.2) is 4.79 Å². The zero-order valence-corrected chi connectivity index (χ0v) is 10.6. The van der Waals surface area contributed by atoms with Gasteiger partial charge < -0.3 is 10.3 Å². The van der Waals surface area contributed by atoms with Crippen LogP contribution in [0.4, 0.5) is 13.2 Å². The van der Waals surface area contributed by atoms with E-state index >= 15 is 0 Å². The summed E-state index contributed by atoms with van der Waals surface area (Å²) in [4.78, 5) is 14.4. The van der Waals surface area contributed by atoms with Crippen LogP contribution in [0.5, 0.6) is 0 Å². The summed E-state index contributed by atoms with van der Waals surface area (Å²) in [6.07, 6.45) is -2.78. The Labute approximate surface area is 112 Å². The maximum atomic E-state index is 13.0. The van der Waals surface area contributed by atoms with Gasteiger partial charge in [-0.2, -0.15) is 13.2 Å². The molecule has 2 N–H and O–H groups in total. The second kappa shape index (κ2) is 4.66. The molecule has 4 nitrogen and oxygen atoms in total. The van der Waals surface area contributed by atoms with Gasteiger partial charge in [0, 0.05) is 6.54 Å². The highest BCUT2D eigenvalue weighted by Crippen LogP contribution is 2.34. The Kier molecular flexibility index (Phi) is 3.08. The molecule has 0 bridgehead atoms. The molecule has 1 fully saturated rings. The van der Waals surface area contributed by atoms with Crippen LogP contribution in [0, 0.1) is 0 Å². The maximum Gasteiger partial charge on any atom is 0.418 e. The Morgan fingerprint density at radius 1 is 1.30 bits per heavy atom. The van der Waals surface area contributed by atoms with Crippen molar-refractivity contribution in [3.8, 4) is 0 Å². The van der Waals surface area contributed by atoms with Crippen LogP contribution in [0.2, 0.25) is 0 Å². The van der Waals surface area contributed by atoms with Crippen molar-refractivity contribution >= 4 is 11.0 Å². The third-order valence-corrected chi connectivity index (χ3v) is 3.69. The van der Waals surface area contributed by atoms with Crippen molar-refractivity contribution in [2.45, 2.75) is 25.1 Å². The van der Waals surface area contributed by atoms with E-state index in [-0.39, 0.29) is 11.6 Å². The van der Waals surface area contributed by atoms with E-state index < -0.39 is 17.4 Å². The van der Waals surface area contributed by atoms with E-state index in [1.807, 2.05) is 0 Å². The number of aromatic nitrogens is 2. The van der Waals surface area contributed by atoms with Crippen LogP contribution in [0.25, 0.3) is 11.0 Å². The first kappa shape index (κ1) is 13.2. The minimum Gasteiger partial charge on any atom is -0.315 e. The summed E-state index contributed by atoms with van der Waals surface area (Å²) < 4.78 is 40.3. The number of nitrogens with one attached hydrogen (secondary N) is 2. The number of alkyl halides is 3. The van der Waals surface area contributed by atoms with Gasteiger partial charge in [-0.1, -0.05) is 6.07 Å². The number of piperidine rings is 1. The summed E-state index contributed by atoms with van der Waals surface area (Å²) in [5.41, 5.74) is -1.09. The Bertz CT molecular complexity index is 680. The highest BCUT2D eigenvalue weighted by Gasteiger charge is 2.34. The summed E-state index contributed by atoms with van der Waals surface area (Å²) in [6.45, 7) is 1.48. The normalized spacial score (nSPS) is 20.4. The number of hydrogen-bond donors (Lipinski definition) is 2. The molecule has 3 rings (SSSR count). The summed E-state index contributed by atoms with van der Waals surface area (Å²) in [5.74, 6) is 0. The molecule has 1 aromatic heterocycles. The third kappa shape index (κ3) is 2.11. The topological polar surface area (TPSA) is 49.8 Å². The molecule has 0 amide bonds. The number of para-hydroxylation sites is 1. The lowest BCUT2D eigenvalue weighted by molar-refractivity contribution is -0.136. The first-order valence-electron chi connectivity index (χ1n) is 6.49. The molecule has 1 aliphatic rings. The molecule has 0 aliphatic carbocycles. The number of rotatable bonds is 1. The molecule has 1 unspecified atom stereocenters. The fourth-order valence-electron chi connectivity index (χ4n) is 2.80. The number of halogens is 3. The minimum atomic E-state index is -4.47. The molecule has 1 atom stereocenters. The van der Waals surface area contributed by atoms with Crippen LogP contribution in [0.3, 0.4) is 0 Å². The van der Waals surface area contributed by atoms with Crippen molar-refractivity contribution in [1.29, 1.82) is 0 Å². The lowest BCUT2D eigenvalue weighted by Gasteiger charge is -2.24. The molecule has 1 saturated heterocycles. The van der Waals surface area contributed by atoms with Crippen LogP contribution in [0.15, 0.2) is 23.0 Å². The fourth-order valence-corrected chi connectivity index (χ4v) is 2.80. The van der Waals surface area contributed by atoms with Gasteiger partial charge in [0.05, 0.1) is 22.6 Å². The number of hydrogen-bond acceptors (Lipinski definition) is 2. The predicted molar refractivity (Wildman–Crippen MR) is 68.7 cm³/mol. The summed E-state index contributed by atoms with van der Waals surface area (Å²) in [7, 11) is 0. The van der Waals surface area contributed by atoms with Gasteiger partial charge in [0.15, 0.2) is 0 Å². The van der Waals surface area contributed by atoms with Crippen molar-refractivity contribution in [2.75, 3.05) is 13.1 Å². The number of fused-ring (bicyclic) bond motifs is 1. The highest BCUT2D eigenvalue weighted by atomic mass is 19.4. The first-order valence-corrected chi connectivity index (χ1v) is 6.49. The van der Waals surface area contributed by atoms with E-state index in [4.69, 9.17) is 0 Å². The SMILES string of the molecule is O=c1[nH]c2c(C(F)(F)F)cccc2n1C1CCCNC1. The number of imidazole rings is 1. The van der Waals surface area contributed by atoms with Crippen molar-refractivity contribution in [2.24, 2.45) is 0 Å². The van der Waals surface area contributed by atoms with E-state index in [1.165, 1.54) is 10.6 Å². The number of benzene rings is 1. The van der Waals surface area contributed by atoms with E-state index in [0.29, 0.717) is 12.1 Å². The van der Waals surface area contributed by atoms with Gasteiger partial charge in [0.2, 0.25) is 0 Å². The zero-order valence-electron chi connectivity index (χ0n) is 10.6. The molecular formula is C13H14F3N3O.